The molecule has 1 aromatic heterocycles. The lowest BCUT2D eigenvalue weighted by molar-refractivity contribution is -0.387. The van der Waals surface area contributed by atoms with Crippen molar-refractivity contribution in [3.05, 3.63) is 70.8 Å². The van der Waals surface area contributed by atoms with Crippen LogP contribution in [-0.2, 0) is 4.79 Å². The van der Waals surface area contributed by atoms with E-state index in [9.17, 15) is 19.3 Å². The first kappa shape index (κ1) is 19.4. The first-order chi connectivity index (χ1) is 13.5. The Morgan fingerprint density at radius 2 is 2.07 bits per heavy atom. The number of thioether (sulfide) groups is 1. The van der Waals surface area contributed by atoms with Crippen molar-refractivity contribution in [3.8, 4) is 11.4 Å². The quantitative estimate of drug-likeness (QED) is 0.368. The number of ether oxygens (including phenoxy) is 1. The number of nitrogens with zero attached hydrogens (tertiary/aromatic N) is 3. The molecule has 0 bridgehead atoms. The molecule has 3 aromatic rings. The molecule has 0 spiro atoms. The molecule has 0 aliphatic rings. The summed E-state index contributed by atoms with van der Waals surface area (Å²) in [5.74, 6) is -0.599. The van der Waals surface area contributed by atoms with E-state index in [0.29, 0.717) is 5.16 Å². The van der Waals surface area contributed by atoms with E-state index in [1.165, 1.54) is 17.8 Å². The monoisotopic (exact) mass is 402 g/mol. The summed E-state index contributed by atoms with van der Waals surface area (Å²) in [6.45, 7) is 0. The van der Waals surface area contributed by atoms with Gasteiger partial charge in [0.2, 0.25) is 11.7 Å². The number of nitrogens with one attached hydrogen (secondary N) is 1. The summed E-state index contributed by atoms with van der Waals surface area (Å²) in [6.07, 6.45) is 3.39. The van der Waals surface area contributed by atoms with Crippen LogP contribution in [0.25, 0.3) is 5.69 Å². The highest BCUT2D eigenvalue weighted by molar-refractivity contribution is 7.99. The van der Waals surface area contributed by atoms with Crippen molar-refractivity contribution in [1.82, 2.24) is 9.55 Å². The highest BCUT2D eigenvalue weighted by Gasteiger charge is 2.16. The van der Waals surface area contributed by atoms with Gasteiger partial charge in [0.05, 0.1) is 17.8 Å². The highest BCUT2D eigenvalue weighted by atomic mass is 32.2. The summed E-state index contributed by atoms with van der Waals surface area (Å²) in [7, 11) is 1.59. The summed E-state index contributed by atoms with van der Waals surface area (Å²) in [4.78, 5) is 26.3. The van der Waals surface area contributed by atoms with Gasteiger partial charge in [-0.15, -0.1) is 0 Å². The van der Waals surface area contributed by atoms with E-state index >= 15 is 0 Å². The molecular formula is C18H15FN4O4S. The average molecular weight is 402 g/mol. The van der Waals surface area contributed by atoms with Gasteiger partial charge in [0.25, 0.3) is 0 Å². The van der Waals surface area contributed by atoms with Crippen LogP contribution in [0.2, 0.25) is 0 Å². The first-order valence-electron chi connectivity index (χ1n) is 8.02. The Hall–Kier alpha value is -3.40. The number of benzene rings is 2. The largest absolute Gasteiger partial charge is 0.497 e. The van der Waals surface area contributed by atoms with Crippen molar-refractivity contribution in [2.45, 2.75) is 5.16 Å². The van der Waals surface area contributed by atoms with Crippen molar-refractivity contribution in [1.29, 1.82) is 0 Å². The van der Waals surface area contributed by atoms with Crippen LogP contribution >= 0.6 is 11.8 Å². The third-order valence-corrected chi connectivity index (χ3v) is 4.68. The maximum Gasteiger partial charge on any atom is 0.306 e. The third kappa shape index (κ3) is 4.46. The van der Waals surface area contributed by atoms with Gasteiger partial charge in [-0.25, -0.2) is 4.98 Å². The number of nitro benzene ring substituents is 1. The molecule has 0 atom stereocenters. The number of imidazole rings is 1. The van der Waals surface area contributed by atoms with Gasteiger partial charge in [-0.05, 0) is 36.4 Å². The van der Waals surface area contributed by atoms with Crippen molar-refractivity contribution in [2.24, 2.45) is 0 Å². The number of halogens is 1. The fraction of sp³-hybridized carbons (Fsp3) is 0.111. The molecule has 0 aliphatic carbocycles. The van der Waals surface area contributed by atoms with Crippen LogP contribution in [0.1, 0.15) is 0 Å². The number of nitro groups is 1. The molecule has 10 heteroatoms. The lowest BCUT2D eigenvalue weighted by Crippen LogP contribution is -2.14. The number of methoxy groups -OCH3 is 1. The Balaban J connectivity index is 1.65. The number of hydrogen-bond donors (Lipinski definition) is 1. The number of amides is 1. The van der Waals surface area contributed by atoms with E-state index in [-0.39, 0.29) is 11.4 Å². The lowest BCUT2D eigenvalue weighted by atomic mass is 10.2. The maximum atomic E-state index is 13.4. The fourth-order valence-corrected chi connectivity index (χ4v) is 3.17. The molecular weight excluding hydrogens is 387 g/mol. The third-order valence-electron chi connectivity index (χ3n) is 3.72. The number of carbonyl (C=O) groups is 1. The van der Waals surface area contributed by atoms with Gasteiger partial charge < -0.3 is 10.1 Å². The second-order valence-electron chi connectivity index (χ2n) is 5.54. The van der Waals surface area contributed by atoms with E-state index in [1.807, 2.05) is 28.8 Å². The minimum Gasteiger partial charge on any atom is -0.497 e. The summed E-state index contributed by atoms with van der Waals surface area (Å²) < 4.78 is 20.3. The molecule has 0 fully saturated rings. The van der Waals surface area contributed by atoms with Crippen molar-refractivity contribution < 1.29 is 18.8 Å². The van der Waals surface area contributed by atoms with Crippen LogP contribution in [0.5, 0.6) is 5.75 Å². The van der Waals surface area contributed by atoms with Gasteiger partial charge in [-0.1, -0.05) is 11.8 Å². The predicted molar refractivity (Wildman–Crippen MR) is 103 cm³/mol. The number of carbonyl (C=O) groups excluding carboxylic acids is 1. The second-order valence-corrected chi connectivity index (χ2v) is 6.48. The van der Waals surface area contributed by atoms with Crippen molar-refractivity contribution in [2.75, 3.05) is 18.2 Å². The predicted octanol–water partition coefficient (Wildman–Crippen LogP) is 3.66. The minimum atomic E-state index is -0.959. The first-order valence-corrected chi connectivity index (χ1v) is 9.01. The zero-order valence-electron chi connectivity index (χ0n) is 14.7. The molecule has 1 heterocycles. The van der Waals surface area contributed by atoms with Gasteiger partial charge in [-0.2, -0.15) is 4.39 Å². The molecule has 0 aliphatic heterocycles. The fourth-order valence-electron chi connectivity index (χ4n) is 2.39. The topological polar surface area (TPSA) is 99.3 Å². The zero-order chi connectivity index (χ0) is 20.1. The van der Waals surface area contributed by atoms with E-state index in [0.717, 1.165) is 23.6 Å². The standard InChI is InChI=1S/C18H15FN4O4S/c1-27-14-5-3-13(4-6-14)22-9-8-20-18(22)28-11-17(24)21-12-2-7-15(19)16(10-12)23(25)26/h2-10H,11H2,1H3,(H,21,24). The summed E-state index contributed by atoms with van der Waals surface area (Å²) in [6, 6.07) is 10.6. The Morgan fingerprint density at radius 3 is 2.75 bits per heavy atom. The summed E-state index contributed by atoms with van der Waals surface area (Å²) >= 11 is 1.20. The molecule has 0 saturated carbocycles. The molecule has 144 valence electrons. The molecule has 0 radical (unpaired) electrons. The molecule has 1 N–H and O–H groups in total. The van der Waals surface area contributed by atoms with Gasteiger partial charge in [0.15, 0.2) is 5.16 Å². The van der Waals surface area contributed by atoms with E-state index in [4.69, 9.17) is 4.74 Å². The van der Waals surface area contributed by atoms with Crippen LogP contribution < -0.4 is 10.1 Å². The molecule has 28 heavy (non-hydrogen) atoms. The number of hydrogen-bond acceptors (Lipinski definition) is 6. The van der Waals surface area contributed by atoms with Crippen LogP contribution in [0.4, 0.5) is 15.8 Å². The number of anilines is 1. The van der Waals surface area contributed by atoms with Crippen LogP contribution in [0.15, 0.2) is 60.0 Å². The minimum absolute atomic E-state index is 0.0261. The Bertz CT molecular complexity index is 1010. The molecule has 0 unspecified atom stereocenters. The molecule has 2 aromatic carbocycles. The highest BCUT2D eigenvalue weighted by Crippen LogP contribution is 2.24. The van der Waals surface area contributed by atoms with Crippen LogP contribution in [0.3, 0.4) is 0 Å². The maximum absolute atomic E-state index is 13.4. The van der Waals surface area contributed by atoms with Gasteiger partial charge in [0, 0.05) is 29.8 Å². The van der Waals surface area contributed by atoms with Gasteiger partial charge >= 0.3 is 5.69 Å². The molecule has 3 rings (SSSR count). The lowest BCUT2D eigenvalue weighted by Gasteiger charge is -2.09. The molecule has 1 amide bonds. The zero-order valence-corrected chi connectivity index (χ0v) is 15.5. The SMILES string of the molecule is COc1ccc(-n2ccnc2SCC(=O)Nc2ccc(F)c([N+](=O)[O-])c2)cc1. The van der Waals surface area contributed by atoms with Crippen molar-refractivity contribution in [3.63, 3.8) is 0 Å². The Kier molecular flexibility index (Phi) is 5.90. The van der Waals surface area contributed by atoms with E-state index < -0.39 is 22.3 Å². The normalized spacial score (nSPS) is 10.5. The average Bonchev–Trinajstić information content (AvgIpc) is 3.16. The van der Waals surface area contributed by atoms with E-state index in [2.05, 4.69) is 10.3 Å². The van der Waals surface area contributed by atoms with Crippen molar-refractivity contribution >= 4 is 29.0 Å². The molecule has 0 saturated heterocycles. The van der Waals surface area contributed by atoms with E-state index in [1.54, 1.807) is 19.5 Å². The molecule has 8 nitrogen and oxygen atoms in total. The van der Waals surface area contributed by atoms with Crippen LogP contribution in [-0.4, -0.2) is 33.2 Å². The second kappa shape index (κ2) is 8.53. The number of aromatic nitrogens is 2. The Morgan fingerprint density at radius 1 is 1.32 bits per heavy atom. The van der Waals surface area contributed by atoms with Crippen LogP contribution in [0, 0.1) is 15.9 Å². The number of rotatable bonds is 7. The Labute approximate surface area is 163 Å². The smallest absolute Gasteiger partial charge is 0.306 e. The summed E-state index contributed by atoms with van der Waals surface area (Å²) in [5, 5.41) is 13.9. The van der Waals surface area contributed by atoms with Gasteiger partial charge in [-0.3, -0.25) is 19.5 Å². The van der Waals surface area contributed by atoms with Gasteiger partial charge in [0.1, 0.15) is 5.75 Å². The summed E-state index contributed by atoms with van der Waals surface area (Å²) in [5.41, 5.74) is 0.313.